The fraction of sp³-hybridized carbons (Fsp3) is 0.588. The molecular weight excluding hydrogens is 283 g/mol. The van der Waals surface area contributed by atoms with Crippen molar-refractivity contribution < 1.29 is 13.9 Å². The van der Waals surface area contributed by atoms with Crippen LogP contribution in [0.4, 0.5) is 4.39 Å². The van der Waals surface area contributed by atoms with Crippen LogP contribution in [0.5, 0.6) is 5.75 Å². The van der Waals surface area contributed by atoms with Gasteiger partial charge in [0.1, 0.15) is 17.1 Å². The number of hydrogen-bond acceptors (Lipinski definition) is 3. The average molecular weight is 306 g/mol. The molecule has 1 N–H and O–H groups in total. The predicted molar refractivity (Wildman–Crippen MR) is 82.6 cm³/mol. The SMILES string of the molecule is COc1cccc(F)c1C(=O)N1CCC(C2CCCN2)CC1. The summed E-state index contributed by atoms with van der Waals surface area (Å²) in [4.78, 5) is 14.4. The molecule has 1 atom stereocenters. The number of halogens is 1. The van der Waals surface area contributed by atoms with Gasteiger partial charge < -0.3 is 15.0 Å². The highest BCUT2D eigenvalue weighted by atomic mass is 19.1. The Labute approximate surface area is 130 Å². The van der Waals surface area contributed by atoms with Gasteiger partial charge in [0, 0.05) is 19.1 Å². The van der Waals surface area contributed by atoms with Gasteiger partial charge in [0.05, 0.1) is 7.11 Å². The minimum absolute atomic E-state index is 0.0578. The van der Waals surface area contributed by atoms with Gasteiger partial charge in [-0.25, -0.2) is 4.39 Å². The molecule has 2 aliphatic rings. The van der Waals surface area contributed by atoms with Crippen LogP contribution < -0.4 is 10.1 Å². The quantitative estimate of drug-likeness (QED) is 0.932. The fourth-order valence-electron chi connectivity index (χ4n) is 3.66. The van der Waals surface area contributed by atoms with E-state index in [4.69, 9.17) is 4.74 Å². The molecule has 2 fully saturated rings. The van der Waals surface area contributed by atoms with Crippen LogP contribution >= 0.6 is 0 Å². The molecule has 3 rings (SSSR count). The predicted octanol–water partition coefficient (Wildman–Crippen LogP) is 2.44. The Balaban J connectivity index is 1.67. The van der Waals surface area contributed by atoms with E-state index in [1.165, 1.54) is 26.0 Å². The van der Waals surface area contributed by atoms with E-state index >= 15 is 0 Å². The summed E-state index contributed by atoms with van der Waals surface area (Å²) in [6, 6.07) is 5.10. The Morgan fingerprint density at radius 3 is 2.73 bits per heavy atom. The molecule has 0 aliphatic carbocycles. The van der Waals surface area contributed by atoms with E-state index in [0.717, 1.165) is 19.4 Å². The van der Waals surface area contributed by atoms with Crippen molar-refractivity contribution in [3.8, 4) is 5.75 Å². The number of carbonyl (C=O) groups is 1. The third-order valence-electron chi connectivity index (χ3n) is 4.90. The van der Waals surface area contributed by atoms with Crippen molar-refractivity contribution in [1.29, 1.82) is 0 Å². The second kappa shape index (κ2) is 6.65. The van der Waals surface area contributed by atoms with Gasteiger partial charge in [0.25, 0.3) is 5.91 Å². The third-order valence-corrected chi connectivity index (χ3v) is 4.90. The summed E-state index contributed by atoms with van der Waals surface area (Å²) in [7, 11) is 1.46. The summed E-state index contributed by atoms with van der Waals surface area (Å²) in [5.74, 6) is 0.176. The minimum Gasteiger partial charge on any atom is -0.496 e. The van der Waals surface area contributed by atoms with E-state index in [1.54, 1.807) is 17.0 Å². The molecule has 120 valence electrons. The lowest BCUT2D eigenvalue weighted by atomic mass is 9.88. The molecule has 4 nitrogen and oxygen atoms in total. The Hall–Kier alpha value is -1.62. The molecule has 2 aliphatic heterocycles. The molecule has 0 radical (unpaired) electrons. The standard InChI is InChI=1S/C17H23FN2O2/c1-22-15-6-2-4-13(18)16(15)17(21)20-10-7-12(8-11-20)14-5-3-9-19-14/h2,4,6,12,14,19H,3,5,7-11H2,1H3. The molecular formula is C17H23FN2O2. The van der Waals surface area contributed by atoms with Crippen LogP contribution in [0.3, 0.4) is 0 Å². The largest absolute Gasteiger partial charge is 0.496 e. The smallest absolute Gasteiger partial charge is 0.260 e. The number of nitrogens with one attached hydrogen (secondary N) is 1. The summed E-state index contributed by atoms with van der Waals surface area (Å²) < 4.78 is 19.2. The first-order valence-corrected chi connectivity index (χ1v) is 8.06. The van der Waals surface area contributed by atoms with Gasteiger partial charge in [-0.15, -0.1) is 0 Å². The summed E-state index contributed by atoms with van der Waals surface area (Å²) >= 11 is 0. The zero-order chi connectivity index (χ0) is 15.5. The number of rotatable bonds is 3. The van der Waals surface area contributed by atoms with E-state index in [-0.39, 0.29) is 11.5 Å². The number of carbonyl (C=O) groups excluding carboxylic acids is 1. The second-order valence-electron chi connectivity index (χ2n) is 6.15. The Kier molecular flexibility index (Phi) is 4.62. The van der Waals surface area contributed by atoms with Crippen molar-refractivity contribution in [2.75, 3.05) is 26.7 Å². The lowest BCUT2D eigenvalue weighted by Gasteiger charge is -2.35. The zero-order valence-electron chi connectivity index (χ0n) is 13.0. The van der Waals surface area contributed by atoms with Gasteiger partial charge in [-0.3, -0.25) is 4.79 Å². The lowest BCUT2D eigenvalue weighted by Crippen LogP contribution is -2.43. The summed E-state index contributed by atoms with van der Waals surface area (Å²) in [5, 5.41) is 3.55. The number of hydrogen-bond donors (Lipinski definition) is 1. The number of nitrogens with zero attached hydrogens (tertiary/aromatic N) is 1. The first-order chi connectivity index (χ1) is 10.7. The van der Waals surface area contributed by atoms with Crippen molar-refractivity contribution in [3.63, 3.8) is 0 Å². The molecule has 2 saturated heterocycles. The van der Waals surface area contributed by atoms with E-state index in [1.807, 2.05) is 0 Å². The normalized spacial score (nSPS) is 22.8. The molecule has 22 heavy (non-hydrogen) atoms. The van der Waals surface area contributed by atoms with Gasteiger partial charge in [-0.05, 0) is 50.3 Å². The van der Waals surface area contributed by atoms with Crippen LogP contribution in [-0.4, -0.2) is 43.6 Å². The molecule has 2 heterocycles. The van der Waals surface area contributed by atoms with Gasteiger partial charge in [0.15, 0.2) is 0 Å². The number of benzene rings is 1. The maximum Gasteiger partial charge on any atom is 0.260 e. The van der Waals surface area contributed by atoms with Crippen molar-refractivity contribution in [2.24, 2.45) is 5.92 Å². The molecule has 0 bridgehead atoms. The van der Waals surface area contributed by atoms with Gasteiger partial charge in [0.2, 0.25) is 0 Å². The Bertz CT molecular complexity index is 535. The van der Waals surface area contributed by atoms with Crippen molar-refractivity contribution >= 4 is 5.91 Å². The van der Waals surface area contributed by atoms with E-state index in [9.17, 15) is 9.18 Å². The number of ether oxygens (including phenoxy) is 1. The Morgan fingerprint density at radius 2 is 2.09 bits per heavy atom. The van der Waals surface area contributed by atoms with Crippen molar-refractivity contribution in [1.82, 2.24) is 10.2 Å². The minimum atomic E-state index is -0.510. The number of piperidine rings is 1. The average Bonchev–Trinajstić information content (AvgIpc) is 3.08. The maximum atomic E-state index is 14.0. The van der Waals surface area contributed by atoms with Gasteiger partial charge in [-0.2, -0.15) is 0 Å². The summed E-state index contributed by atoms with van der Waals surface area (Å²) in [6.07, 6.45) is 4.45. The molecule has 1 unspecified atom stereocenters. The van der Waals surface area contributed by atoms with Crippen LogP contribution in [0.25, 0.3) is 0 Å². The van der Waals surface area contributed by atoms with E-state index < -0.39 is 5.82 Å². The van der Waals surface area contributed by atoms with Crippen LogP contribution in [0, 0.1) is 11.7 Å². The van der Waals surface area contributed by atoms with Crippen LogP contribution in [-0.2, 0) is 0 Å². The lowest BCUT2D eigenvalue weighted by molar-refractivity contribution is 0.0666. The number of likely N-dealkylation sites (tertiary alicyclic amines) is 1. The topological polar surface area (TPSA) is 41.6 Å². The third kappa shape index (κ3) is 2.95. The first kappa shape index (κ1) is 15.3. The molecule has 1 aromatic rings. The molecule has 0 spiro atoms. The van der Waals surface area contributed by atoms with Gasteiger partial charge >= 0.3 is 0 Å². The van der Waals surface area contributed by atoms with Crippen molar-refractivity contribution in [3.05, 3.63) is 29.6 Å². The molecule has 0 aromatic heterocycles. The maximum absolute atomic E-state index is 14.0. The summed E-state index contributed by atoms with van der Waals surface area (Å²) in [5.41, 5.74) is 0.0578. The van der Waals surface area contributed by atoms with Gasteiger partial charge in [-0.1, -0.05) is 6.07 Å². The Morgan fingerprint density at radius 1 is 1.32 bits per heavy atom. The summed E-state index contributed by atoms with van der Waals surface area (Å²) in [6.45, 7) is 2.49. The number of amides is 1. The monoisotopic (exact) mass is 306 g/mol. The van der Waals surface area contributed by atoms with Crippen LogP contribution in [0.2, 0.25) is 0 Å². The first-order valence-electron chi connectivity index (χ1n) is 8.06. The highest BCUT2D eigenvalue weighted by Gasteiger charge is 2.31. The fourth-order valence-corrected chi connectivity index (χ4v) is 3.66. The van der Waals surface area contributed by atoms with Crippen LogP contribution in [0.15, 0.2) is 18.2 Å². The highest BCUT2D eigenvalue weighted by molar-refractivity contribution is 5.97. The highest BCUT2D eigenvalue weighted by Crippen LogP contribution is 2.28. The zero-order valence-corrected chi connectivity index (χ0v) is 13.0. The van der Waals surface area contributed by atoms with Crippen LogP contribution in [0.1, 0.15) is 36.0 Å². The molecule has 1 amide bonds. The molecule has 5 heteroatoms. The van der Waals surface area contributed by atoms with Crippen molar-refractivity contribution in [2.45, 2.75) is 31.7 Å². The number of methoxy groups -OCH3 is 1. The van der Waals surface area contributed by atoms with E-state index in [2.05, 4.69) is 5.32 Å². The molecule has 0 saturated carbocycles. The molecule has 1 aromatic carbocycles. The second-order valence-corrected chi connectivity index (χ2v) is 6.15. The van der Waals surface area contributed by atoms with E-state index in [0.29, 0.717) is 30.8 Å².